The summed E-state index contributed by atoms with van der Waals surface area (Å²) in [6.45, 7) is 12.1. The van der Waals surface area contributed by atoms with E-state index < -0.39 is 23.3 Å². The topological polar surface area (TPSA) is 47.4 Å². The maximum atomic E-state index is 14.7. The van der Waals surface area contributed by atoms with E-state index in [-0.39, 0.29) is 18.0 Å². The van der Waals surface area contributed by atoms with Crippen LogP contribution in [0.3, 0.4) is 0 Å². The van der Waals surface area contributed by atoms with Crippen molar-refractivity contribution in [3.05, 3.63) is 81.8 Å². The number of likely N-dealkylation sites (tertiary alicyclic amines) is 1. The third kappa shape index (κ3) is 6.42. The third-order valence-electron chi connectivity index (χ3n) is 6.53. The Morgan fingerprint density at radius 1 is 1.08 bits per heavy atom. The van der Waals surface area contributed by atoms with E-state index in [4.69, 9.17) is 9.72 Å². The van der Waals surface area contributed by atoms with Gasteiger partial charge in [0, 0.05) is 29.2 Å². The first-order valence-corrected chi connectivity index (χ1v) is 13.0. The van der Waals surface area contributed by atoms with Crippen molar-refractivity contribution in [3.63, 3.8) is 0 Å². The van der Waals surface area contributed by atoms with Crippen molar-refractivity contribution < 1.29 is 18.3 Å². The monoisotopic (exact) mass is 519 g/mol. The van der Waals surface area contributed by atoms with Gasteiger partial charge in [-0.2, -0.15) is 0 Å². The maximum absolute atomic E-state index is 14.7. The molecule has 0 aliphatic carbocycles. The van der Waals surface area contributed by atoms with E-state index in [9.17, 15) is 13.6 Å². The van der Waals surface area contributed by atoms with Crippen LogP contribution in [0.25, 0.3) is 5.82 Å². The van der Waals surface area contributed by atoms with Crippen LogP contribution in [0, 0.1) is 44.2 Å². The minimum Gasteiger partial charge on any atom is -0.444 e. The van der Waals surface area contributed by atoms with Gasteiger partial charge in [-0.25, -0.2) is 18.6 Å². The molecule has 38 heavy (non-hydrogen) atoms. The van der Waals surface area contributed by atoms with E-state index in [0.29, 0.717) is 24.9 Å². The van der Waals surface area contributed by atoms with E-state index in [1.807, 2.05) is 65.8 Å². The number of pyridine rings is 1. The zero-order valence-electron chi connectivity index (χ0n) is 23.0. The van der Waals surface area contributed by atoms with Crippen LogP contribution < -0.4 is 0 Å². The molecule has 1 amide bonds. The molecule has 3 heterocycles. The normalized spacial score (nSPS) is 15.4. The fraction of sp³-hybridized carbons (Fsp3) is 0.419. The SMILES string of the molecule is Cc1cc(CCc2cc(C#C[C@H]3CCCN3C(=O)OC(C)(C)C)cc(F)c2F)nc(-n2c(C)ccc2C)c1. The summed E-state index contributed by atoms with van der Waals surface area (Å²) in [4.78, 5) is 18.9. The molecule has 0 unspecified atom stereocenters. The first-order valence-electron chi connectivity index (χ1n) is 13.0. The summed E-state index contributed by atoms with van der Waals surface area (Å²) < 4.78 is 36.8. The number of aryl methyl sites for hydroxylation is 5. The molecular formula is C31H35F2N3O2. The van der Waals surface area contributed by atoms with Crippen molar-refractivity contribution in [1.29, 1.82) is 0 Å². The molecule has 7 heteroatoms. The molecule has 0 radical (unpaired) electrons. The number of nitrogens with zero attached hydrogens (tertiary/aromatic N) is 3. The maximum Gasteiger partial charge on any atom is 0.411 e. The molecule has 1 aliphatic heterocycles. The number of rotatable bonds is 4. The lowest BCUT2D eigenvalue weighted by molar-refractivity contribution is 0.0261. The van der Waals surface area contributed by atoms with Crippen molar-refractivity contribution in [2.45, 2.75) is 78.9 Å². The molecule has 1 aliphatic rings. The van der Waals surface area contributed by atoms with Crippen LogP contribution in [0.2, 0.25) is 0 Å². The Labute approximate surface area is 223 Å². The second-order valence-electron chi connectivity index (χ2n) is 11.0. The zero-order chi connectivity index (χ0) is 27.6. The van der Waals surface area contributed by atoms with E-state index >= 15 is 0 Å². The van der Waals surface area contributed by atoms with Crippen LogP contribution in [-0.4, -0.2) is 38.7 Å². The Kier molecular flexibility index (Phi) is 7.91. The second-order valence-corrected chi connectivity index (χ2v) is 11.0. The average Bonchev–Trinajstić information content (AvgIpc) is 3.43. The second kappa shape index (κ2) is 11.0. The van der Waals surface area contributed by atoms with Crippen molar-refractivity contribution in [3.8, 4) is 17.7 Å². The standard InChI is InChI=1S/C31H35F2N3O2/c1-20-16-25(34-28(17-20)36-21(2)9-10-22(36)3)13-12-24-18-23(19-27(32)29(24)33)11-14-26-8-7-15-35(26)30(37)38-31(4,5)6/h9-10,16-19,26H,7-8,12-13,15H2,1-6H3/t26-/m1/s1. The molecule has 1 fully saturated rings. The van der Waals surface area contributed by atoms with Crippen LogP contribution in [-0.2, 0) is 17.6 Å². The van der Waals surface area contributed by atoms with Crippen LogP contribution in [0.1, 0.15) is 67.4 Å². The summed E-state index contributed by atoms with van der Waals surface area (Å²) in [5.41, 5.74) is 4.06. The fourth-order valence-corrected chi connectivity index (χ4v) is 4.78. The van der Waals surface area contributed by atoms with Gasteiger partial charge in [0.05, 0.1) is 6.04 Å². The van der Waals surface area contributed by atoms with E-state index in [1.54, 1.807) is 11.0 Å². The lowest BCUT2D eigenvalue weighted by Gasteiger charge is -2.26. The summed E-state index contributed by atoms with van der Waals surface area (Å²) in [6.07, 6.45) is 1.86. The summed E-state index contributed by atoms with van der Waals surface area (Å²) in [6, 6.07) is 10.5. The Morgan fingerprint density at radius 2 is 1.79 bits per heavy atom. The van der Waals surface area contributed by atoms with Crippen molar-refractivity contribution in [1.82, 2.24) is 14.5 Å². The molecule has 2 aromatic heterocycles. The Balaban J connectivity index is 1.52. The number of hydrogen-bond acceptors (Lipinski definition) is 3. The van der Waals surface area contributed by atoms with Gasteiger partial charge >= 0.3 is 6.09 Å². The van der Waals surface area contributed by atoms with Crippen LogP contribution in [0.5, 0.6) is 0 Å². The number of ether oxygens (including phenoxy) is 1. The van der Waals surface area contributed by atoms with Crippen LogP contribution >= 0.6 is 0 Å². The molecule has 200 valence electrons. The molecular weight excluding hydrogens is 484 g/mol. The van der Waals surface area contributed by atoms with Gasteiger partial charge in [-0.15, -0.1) is 0 Å². The van der Waals surface area contributed by atoms with Crippen molar-refractivity contribution in [2.24, 2.45) is 0 Å². The van der Waals surface area contributed by atoms with E-state index in [1.165, 1.54) is 0 Å². The summed E-state index contributed by atoms with van der Waals surface area (Å²) in [5.74, 6) is 5.06. The van der Waals surface area contributed by atoms with Crippen LogP contribution in [0.15, 0.2) is 36.4 Å². The summed E-state index contributed by atoms with van der Waals surface area (Å²) >= 11 is 0. The molecule has 3 aromatic rings. The van der Waals surface area contributed by atoms with Gasteiger partial charge in [0.2, 0.25) is 0 Å². The van der Waals surface area contributed by atoms with Crippen molar-refractivity contribution in [2.75, 3.05) is 6.54 Å². The molecule has 0 N–H and O–H groups in total. The molecule has 0 bridgehead atoms. The highest BCUT2D eigenvalue weighted by molar-refractivity contribution is 5.69. The highest BCUT2D eigenvalue weighted by Gasteiger charge is 2.31. The quantitative estimate of drug-likeness (QED) is 0.364. The molecule has 5 nitrogen and oxygen atoms in total. The molecule has 1 saturated heterocycles. The van der Waals surface area contributed by atoms with Gasteiger partial charge in [-0.3, -0.25) is 4.90 Å². The smallest absolute Gasteiger partial charge is 0.411 e. The Bertz CT molecular complexity index is 1390. The predicted molar refractivity (Wildman–Crippen MR) is 144 cm³/mol. The number of halogens is 2. The summed E-state index contributed by atoms with van der Waals surface area (Å²) in [5, 5.41) is 0. The number of hydrogen-bond donors (Lipinski definition) is 0. The van der Waals surface area contributed by atoms with E-state index in [2.05, 4.69) is 16.4 Å². The molecule has 4 rings (SSSR count). The van der Waals surface area contributed by atoms with Gasteiger partial charge in [0.25, 0.3) is 0 Å². The fourth-order valence-electron chi connectivity index (χ4n) is 4.78. The van der Waals surface area contributed by atoms with Gasteiger partial charge in [-0.05, 0) is 115 Å². The van der Waals surface area contributed by atoms with Crippen molar-refractivity contribution >= 4 is 6.09 Å². The van der Waals surface area contributed by atoms with E-state index in [0.717, 1.165) is 41.0 Å². The molecule has 0 saturated carbocycles. The summed E-state index contributed by atoms with van der Waals surface area (Å²) in [7, 11) is 0. The lowest BCUT2D eigenvalue weighted by atomic mass is 10.0. The highest BCUT2D eigenvalue weighted by Crippen LogP contribution is 2.22. The van der Waals surface area contributed by atoms with Crippen LogP contribution in [0.4, 0.5) is 13.6 Å². The lowest BCUT2D eigenvalue weighted by Crippen LogP contribution is -2.39. The minimum absolute atomic E-state index is 0.253. The number of carbonyl (C=O) groups excluding carboxylic acids is 1. The minimum atomic E-state index is -0.932. The number of benzene rings is 1. The average molecular weight is 520 g/mol. The molecule has 1 atom stereocenters. The number of amides is 1. The van der Waals surface area contributed by atoms with Gasteiger partial charge in [-0.1, -0.05) is 11.8 Å². The first kappa shape index (κ1) is 27.4. The highest BCUT2D eigenvalue weighted by atomic mass is 19.2. The number of carbonyl (C=O) groups is 1. The molecule has 0 spiro atoms. The van der Waals surface area contributed by atoms with Gasteiger partial charge in [0.1, 0.15) is 11.4 Å². The Morgan fingerprint density at radius 3 is 2.47 bits per heavy atom. The predicted octanol–water partition coefficient (Wildman–Crippen LogP) is 6.61. The molecule has 1 aromatic carbocycles. The van der Waals surface area contributed by atoms with Gasteiger partial charge < -0.3 is 9.30 Å². The van der Waals surface area contributed by atoms with Gasteiger partial charge in [0.15, 0.2) is 11.6 Å². The third-order valence-corrected chi connectivity index (χ3v) is 6.53. The number of aromatic nitrogens is 2. The largest absolute Gasteiger partial charge is 0.444 e. The first-order chi connectivity index (χ1) is 17.9. The zero-order valence-corrected chi connectivity index (χ0v) is 23.0. The Hall–Kier alpha value is -3.66.